The maximum absolute atomic E-state index is 14.3. The smallest absolute Gasteiger partial charge is 0.349 e. The molecule has 8 atom stereocenters. The van der Waals surface area contributed by atoms with Gasteiger partial charge in [0.2, 0.25) is 11.8 Å². The molecule has 0 radical (unpaired) electrons. The van der Waals surface area contributed by atoms with E-state index in [0.717, 1.165) is 39.0 Å². The van der Waals surface area contributed by atoms with Crippen LogP contribution in [0.4, 0.5) is 13.2 Å². The van der Waals surface area contributed by atoms with E-state index < -0.39 is 23.5 Å². The summed E-state index contributed by atoms with van der Waals surface area (Å²) < 4.78 is 42.8. The monoisotopic (exact) mass is 488 g/mol. The molecule has 35 heavy (non-hydrogen) atoms. The van der Waals surface area contributed by atoms with Gasteiger partial charge in [-0.1, -0.05) is 50.3 Å². The van der Waals surface area contributed by atoms with Gasteiger partial charge in [0, 0.05) is 17.4 Å². The summed E-state index contributed by atoms with van der Waals surface area (Å²) in [6.45, 7) is 5.43. The predicted molar refractivity (Wildman–Crippen MR) is 127 cm³/mol. The van der Waals surface area contributed by atoms with Crippen molar-refractivity contribution in [1.29, 1.82) is 0 Å². The third-order valence-corrected chi connectivity index (χ3v) is 10.3. The number of carbonyl (C=O) groups excluding carboxylic acids is 2. The molecule has 1 heterocycles. The quantitative estimate of drug-likeness (QED) is 0.591. The minimum Gasteiger partial charge on any atom is -0.349 e. The molecule has 3 aliphatic carbocycles. The third-order valence-electron chi connectivity index (χ3n) is 10.3. The maximum atomic E-state index is 14.3. The Balaban J connectivity index is 1.39. The number of fused-ring (bicyclic) bond motifs is 5. The van der Waals surface area contributed by atoms with E-state index in [1.807, 2.05) is 0 Å². The highest BCUT2D eigenvalue weighted by molar-refractivity contribution is 5.89. The molecule has 7 heteroatoms. The summed E-state index contributed by atoms with van der Waals surface area (Å²) in [6, 6.07) is 7.79. The predicted octanol–water partition coefficient (Wildman–Crippen LogP) is 5.49. The standard InChI is InChI=1S/C28H35F3N2O2/c1-25-15-13-20-18(9-12-22-26(20,2)16-14-23(34)32-22)19(25)10-11-21(25)24(35)33-27(3,28(29,30)31)17-7-5-4-6-8-17/h4-8,14,16,18-22H,9-13,15H2,1-3H3,(H,32,34)(H,33,35)/t18-,19-,20-,21+,22-,25-,26-,27?/m0/s1. The van der Waals surface area contributed by atoms with Crippen molar-refractivity contribution in [1.82, 2.24) is 10.6 Å². The van der Waals surface area contributed by atoms with Gasteiger partial charge >= 0.3 is 6.18 Å². The Hall–Kier alpha value is -2.31. The van der Waals surface area contributed by atoms with E-state index in [4.69, 9.17) is 0 Å². The second kappa shape index (κ2) is 8.10. The van der Waals surface area contributed by atoms with E-state index in [9.17, 15) is 22.8 Å². The summed E-state index contributed by atoms with van der Waals surface area (Å²) in [4.78, 5) is 25.5. The summed E-state index contributed by atoms with van der Waals surface area (Å²) in [7, 11) is 0. The second-order valence-corrected chi connectivity index (χ2v) is 11.9. The first-order valence-electron chi connectivity index (χ1n) is 12.8. The Morgan fingerprint density at radius 1 is 1.03 bits per heavy atom. The van der Waals surface area contributed by atoms with Gasteiger partial charge in [0.15, 0.2) is 5.54 Å². The van der Waals surface area contributed by atoms with Crippen molar-refractivity contribution >= 4 is 11.8 Å². The fraction of sp³-hybridized carbons (Fsp3) is 0.643. The summed E-state index contributed by atoms with van der Waals surface area (Å²) in [6.07, 6.45) is 4.22. The average molecular weight is 489 g/mol. The van der Waals surface area contributed by atoms with Gasteiger partial charge in [-0.15, -0.1) is 0 Å². The molecule has 4 aliphatic rings. The Morgan fingerprint density at radius 2 is 1.74 bits per heavy atom. The SMILES string of the molecule is CC(NC(=O)[C@H]1CC[C@H]2[C@@H]3CC[C@@H]4NC(=O)C=C[C@@]4(C)[C@H]3CC[C@]12C)(c1ccccc1)C(F)(F)F. The van der Waals surface area contributed by atoms with Crippen LogP contribution in [-0.2, 0) is 15.1 Å². The molecule has 190 valence electrons. The molecule has 0 saturated heterocycles. The highest BCUT2D eigenvalue weighted by Gasteiger charge is 2.62. The van der Waals surface area contributed by atoms with E-state index in [-0.39, 0.29) is 28.3 Å². The molecule has 1 aromatic carbocycles. The van der Waals surface area contributed by atoms with E-state index >= 15 is 0 Å². The Labute approximate surface area is 205 Å². The highest BCUT2D eigenvalue weighted by Crippen LogP contribution is 2.65. The number of carbonyl (C=O) groups is 2. The topological polar surface area (TPSA) is 58.2 Å². The first-order chi connectivity index (χ1) is 16.4. The van der Waals surface area contributed by atoms with Crippen LogP contribution in [0.2, 0.25) is 0 Å². The van der Waals surface area contributed by atoms with Crippen molar-refractivity contribution in [2.24, 2.45) is 34.5 Å². The molecular weight excluding hydrogens is 453 g/mol. The van der Waals surface area contributed by atoms with Crippen LogP contribution < -0.4 is 10.6 Å². The number of alkyl halides is 3. The van der Waals surface area contributed by atoms with Gasteiger partial charge in [-0.2, -0.15) is 13.2 Å². The molecule has 1 aliphatic heterocycles. The fourth-order valence-corrected chi connectivity index (χ4v) is 8.18. The van der Waals surface area contributed by atoms with Crippen molar-refractivity contribution < 1.29 is 22.8 Å². The molecule has 1 unspecified atom stereocenters. The van der Waals surface area contributed by atoms with Crippen molar-refractivity contribution in [3.05, 3.63) is 48.0 Å². The van der Waals surface area contributed by atoms with Crippen LogP contribution in [0.25, 0.3) is 0 Å². The van der Waals surface area contributed by atoms with Gasteiger partial charge in [-0.3, -0.25) is 9.59 Å². The van der Waals surface area contributed by atoms with Gasteiger partial charge in [-0.05, 0) is 80.3 Å². The maximum Gasteiger partial charge on any atom is 0.415 e. The lowest BCUT2D eigenvalue weighted by Crippen LogP contribution is -2.60. The average Bonchev–Trinajstić information content (AvgIpc) is 3.16. The van der Waals surface area contributed by atoms with Crippen LogP contribution in [0.3, 0.4) is 0 Å². The molecule has 0 aromatic heterocycles. The molecule has 5 rings (SSSR count). The molecule has 2 amide bonds. The minimum absolute atomic E-state index is 0.0321. The van der Waals surface area contributed by atoms with E-state index in [2.05, 4.69) is 30.6 Å². The van der Waals surface area contributed by atoms with Crippen molar-refractivity contribution in [2.75, 3.05) is 0 Å². The molecule has 1 aromatic rings. The zero-order valence-corrected chi connectivity index (χ0v) is 20.6. The summed E-state index contributed by atoms with van der Waals surface area (Å²) in [5.41, 5.74) is -2.82. The first-order valence-corrected chi connectivity index (χ1v) is 12.8. The molecule has 4 nitrogen and oxygen atoms in total. The van der Waals surface area contributed by atoms with Gasteiger partial charge in [0.05, 0.1) is 0 Å². The van der Waals surface area contributed by atoms with Crippen molar-refractivity contribution in [3.63, 3.8) is 0 Å². The van der Waals surface area contributed by atoms with Crippen molar-refractivity contribution in [2.45, 2.75) is 77.1 Å². The molecule has 3 saturated carbocycles. The number of benzene rings is 1. The lowest BCUT2D eigenvalue weighted by molar-refractivity contribution is -0.199. The normalized spacial score (nSPS) is 40.1. The lowest BCUT2D eigenvalue weighted by atomic mass is 9.48. The number of nitrogens with one attached hydrogen (secondary N) is 2. The minimum atomic E-state index is -4.62. The van der Waals surface area contributed by atoms with Crippen molar-refractivity contribution in [3.8, 4) is 0 Å². The molecular formula is C28H35F3N2O2. The van der Waals surface area contributed by atoms with Gasteiger partial charge in [0.25, 0.3) is 0 Å². The lowest BCUT2D eigenvalue weighted by Gasteiger charge is -2.58. The number of halogens is 3. The van der Waals surface area contributed by atoms with Gasteiger partial charge in [-0.25, -0.2) is 0 Å². The van der Waals surface area contributed by atoms with Crippen LogP contribution in [0.15, 0.2) is 42.5 Å². The summed E-state index contributed by atoms with van der Waals surface area (Å²) >= 11 is 0. The Bertz CT molecular complexity index is 1040. The fourth-order valence-electron chi connectivity index (χ4n) is 8.18. The number of hydrogen-bond acceptors (Lipinski definition) is 2. The van der Waals surface area contributed by atoms with Gasteiger partial charge < -0.3 is 10.6 Å². The molecule has 0 spiro atoms. The molecule has 2 N–H and O–H groups in total. The van der Waals surface area contributed by atoms with E-state index in [1.165, 1.54) is 12.1 Å². The second-order valence-electron chi connectivity index (χ2n) is 11.9. The van der Waals surface area contributed by atoms with Crippen LogP contribution in [0, 0.1) is 34.5 Å². The zero-order valence-electron chi connectivity index (χ0n) is 20.6. The van der Waals surface area contributed by atoms with Crippen LogP contribution in [-0.4, -0.2) is 24.0 Å². The van der Waals surface area contributed by atoms with Crippen LogP contribution in [0.1, 0.15) is 64.9 Å². The van der Waals surface area contributed by atoms with E-state index in [0.29, 0.717) is 24.2 Å². The highest BCUT2D eigenvalue weighted by atomic mass is 19.4. The number of rotatable bonds is 3. The molecule has 3 fully saturated rings. The first kappa shape index (κ1) is 24.4. The Morgan fingerprint density at radius 3 is 2.43 bits per heavy atom. The van der Waals surface area contributed by atoms with E-state index in [1.54, 1.807) is 24.3 Å². The third kappa shape index (κ3) is 3.63. The largest absolute Gasteiger partial charge is 0.415 e. The number of amides is 2. The van der Waals surface area contributed by atoms with Crippen LogP contribution >= 0.6 is 0 Å². The van der Waals surface area contributed by atoms with Crippen LogP contribution in [0.5, 0.6) is 0 Å². The molecule has 0 bridgehead atoms. The van der Waals surface area contributed by atoms with Gasteiger partial charge in [0.1, 0.15) is 0 Å². The zero-order chi connectivity index (χ0) is 25.2. The summed E-state index contributed by atoms with van der Waals surface area (Å²) in [5, 5.41) is 5.60. The number of hydrogen-bond donors (Lipinski definition) is 2. The summed E-state index contributed by atoms with van der Waals surface area (Å²) in [5.74, 6) is 0.163. The Kier molecular flexibility index (Phi) is 5.65.